The van der Waals surface area contributed by atoms with Crippen LogP contribution in [0.1, 0.15) is 19.4 Å². The number of furan rings is 1. The molecule has 0 unspecified atom stereocenters. The molecule has 0 aliphatic heterocycles. The standard InChI is InChI=1S/C10H9NO2.C2H6/c12-7-11-5-8-6-13-10-4-2-1-3-9(8)10;1-2/h1-4,6-7H,5H2,(H,11,12);1-2H3. The minimum absolute atomic E-state index is 0.514. The van der Waals surface area contributed by atoms with Gasteiger partial charge < -0.3 is 9.73 Å². The molecule has 80 valence electrons. The molecule has 1 N–H and O–H groups in total. The normalized spacial score (nSPS) is 9.20. The summed E-state index contributed by atoms with van der Waals surface area (Å²) in [6.45, 7) is 4.51. The first-order valence-electron chi connectivity index (χ1n) is 5.04. The van der Waals surface area contributed by atoms with Crippen LogP contribution in [0, 0.1) is 0 Å². The topological polar surface area (TPSA) is 42.2 Å². The Morgan fingerprint density at radius 1 is 1.33 bits per heavy atom. The number of carbonyl (C=O) groups is 1. The van der Waals surface area contributed by atoms with Crippen molar-refractivity contribution >= 4 is 17.4 Å². The van der Waals surface area contributed by atoms with Crippen LogP contribution in [0.25, 0.3) is 11.0 Å². The Kier molecular flexibility index (Phi) is 4.41. The molecule has 3 nitrogen and oxygen atoms in total. The molecule has 0 fully saturated rings. The van der Waals surface area contributed by atoms with Crippen molar-refractivity contribution in [3.63, 3.8) is 0 Å². The Balaban J connectivity index is 0.000000531. The minimum atomic E-state index is 0.514. The third-order valence-corrected chi connectivity index (χ3v) is 1.94. The average molecular weight is 205 g/mol. The molecule has 0 saturated carbocycles. The number of amides is 1. The van der Waals surface area contributed by atoms with Crippen LogP contribution in [-0.2, 0) is 11.3 Å². The Morgan fingerprint density at radius 2 is 2.07 bits per heavy atom. The minimum Gasteiger partial charge on any atom is -0.464 e. The lowest BCUT2D eigenvalue weighted by atomic mass is 10.2. The van der Waals surface area contributed by atoms with Gasteiger partial charge in [-0.2, -0.15) is 0 Å². The van der Waals surface area contributed by atoms with Crippen molar-refractivity contribution in [2.75, 3.05) is 0 Å². The van der Waals surface area contributed by atoms with Gasteiger partial charge in [-0.1, -0.05) is 32.0 Å². The summed E-state index contributed by atoms with van der Waals surface area (Å²) in [6, 6.07) is 7.74. The first kappa shape index (κ1) is 11.3. The van der Waals surface area contributed by atoms with Crippen LogP contribution in [0.4, 0.5) is 0 Å². The van der Waals surface area contributed by atoms with E-state index in [2.05, 4.69) is 5.32 Å². The number of hydrogen-bond acceptors (Lipinski definition) is 2. The zero-order valence-electron chi connectivity index (χ0n) is 8.99. The van der Waals surface area contributed by atoms with Gasteiger partial charge in [-0.3, -0.25) is 4.79 Å². The molecule has 2 aromatic rings. The van der Waals surface area contributed by atoms with Crippen molar-refractivity contribution in [1.82, 2.24) is 5.32 Å². The SMILES string of the molecule is CC.O=CNCc1coc2ccccc12. The number of carbonyl (C=O) groups excluding carboxylic acids is 1. The number of hydrogen-bond donors (Lipinski definition) is 1. The largest absolute Gasteiger partial charge is 0.464 e. The number of para-hydroxylation sites is 1. The van der Waals surface area contributed by atoms with Crippen molar-refractivity contribution in [2.45, 2.75) is 20.4 Å². The molecular weight excluding hydrogens is 190 g/mol. The zero-order chi connectivity index (χ0) is 11.1. The second-order valence-corrected chi connectivity index (χ2v) is 2.76. The average Bonchev–Trinajstić information content (AvgIpc) is 2.72. The third kappa shape index (κ3) is 2.59. The first-order valence-corrected chi connectivity index (χ1v) is 5.04. The lowest BCUT2D eigenvalue weighted by Gasteiger charge is -1.94. The zero-order valence-corrected chi connectivity index (χ0v) is 8.99. The fourth-order valence-corrected chi connectivity index (χ4v) is 1.32. The first-order chi connectivity index (χ1) is 7.42. The van der Waals surface area contributed by atoms with E-state index in [0.29, 0.717) is 13.0 Å². The molecule has 2 rings (SSSR count). The van der Waals surface area contributed by atoms with Crippen molar-refractivity contribution in [1.29, 1.82) is 0 Å². The summed E-state index contributed by atoms with van der Waals surface area (Å²) in [5.74, 6) is 0. The maximum Gasteiger partial charge on any atom is 0.207 e. The van der Waals surface area contributed by atoms with Gasteiger partial charge in [-0.05, 0) is 6.07 Å². The summed E-state index contributed by atoms with van der Waals surface area (Å²) in [5.41, 5.74) is 1.85. The number of nitrogens with one attached hydrogen (secondary N) is 1. The van der Waals surface area contributed by atoms with E-state index in [4.69, 9.17) is 4.42 Å². The van der Waals surface area contributed by atoms with E-state index < -0.39 is 0 Å². The molecule has 3 heteroatoms. The molecule has 0 aliphatic rings. The second-order valence-electron chi connectivity index (χ2n) is 2.76. The van der Waals surface area contributed by atoms with Crippen LogP contribution in [0.5, 0.6) is 0 Å². The summed E-state index contributed by atoms with van der Waals surface area (Å²) in [7, 11) is 0. The molecule has 0 atom stereocenters. The van der Waals surface area contributed by atoms with Crippen LogP contribution in [0.3, 0.4) is 0 Å². The summed E-state index contributed by atoms with van der Waals surface area (Å²) < 4.78 is 5.29. The summed E-state index contributed by atoms with van der Waals surface area (Å²) >= 11 is 0. The van der Waals surface area contributed by atoms with E-state index in [1.807, 2.05) is 38.1 Å². The monoisotopic (exact) mass is 205 g/mol. The number of fused-ring (bicyclic) bond motifs is 1. The van der Waals surface area contributed by atoms with Crippen molar-refractivity contribution in [2.24, 2.45) is 0 Å². The van der Waals surface area contributed by atoms with Gasteiger partial charge in [0.25, 0.3) is 0 Å². The highest BCUT2D eigenvalue weighted by molar-refractivity contribution is 5.80. The van der Waals surface area contributed by atoms with Gasteiger partial charge in [-0.15, -0.1) is 0 Å². The Labute approximate surface area is 89.1 Å². The van der Waals surface area contributed by atoms with Gasteiger partial charge in [0.15, 0.2) is 0 Å². The molecule has 1 aromatic heterocycles. The van der Waals surface area contributed by atoms with Crippen LogP contribution in [0.2, 0.25) is 0 Å². The molecule has 0 aliphatic carbocycles. The number of benzene rings is 1. The van der Waals surface area contributed by atoms with E-state index in [1.54, 1.807) is 6.26 Å². The lowest BCUT2D eigenvalue weighted by Crippen LogP contribution is -2.08. The maximum atomic E-state index is 10.1. The third-order valence-electron chi connectivity index (χ3n) is 1.94. The van der Waals surface area contributed by atoms with Gasteiger partial charge in [0.1, 0.15) is 5.58 Å². The number of rotatable bonds is 3. The molecule has 1 aromatic carbocycles. The molecule has 0 spiro atoms. The molecular formula is C12H15NO2. The molecule has 1 amide bonds. The highest BCUT2D eigenvalue weighted by Crippen LogP contribution is 2.19. The van der Waals surface area contributed by atoms with Gasteiger partial charge in [0.05, 0.1) is 6.26 Å². The molecule has 15 heavy (non-hydrogen) atoms. The van der Waals surface area contributed by atoms with Crippen molar-refractivity contribution < 1.29 is 9.21 Å². The van der Waals surface area contributed by atoms with Gasteiger partial charge in [0, 0.05) is 17.5 Å². The predicted octanol–water partition coefficient (Wildman–Crippen LogP) is 2.71. The lowest BCUT2D eigenvalue weighted by molar-refractivity contribution is -0.109. The van der Waals surface area contributed by atoms with Gasteiger partial charge in [-0.25, -0.2) is 0 Å². The smallest absolute Gasteiger partial charge is 0.207 e. The fraction of sp³-hybridized carbons (Fsp3) is 0.250. The molecule has 0 bridgehead atoms. The molecule has 1 heterocycles. The van der Waals surface area contributed by atoms with E-state index in [0.717, 1.165) is 16.5 Å². The van der Waals surface area contributed by atoms with Crippen LogP contribution in [0.15, 0.2) is 34.9 Å². The maximum absolute atomic E-state index is 10.1. The van der Waals surface area contributed by atoms with E-state index >= 15 is 0 Å². The van der Waals surface area contributed by atoms with Crippen molar-refractivity contribution in [3.8, 4) is 0 Å². The quantitative estimate of drug-likeness (QED) is 0.783. The summed E-state index contributed by atoms with van der Waals surface area (Å²) in [4.78, 5) is 10.1. The fourth-order valence-electron chi connectivity index (χ4n) is 1.32. The predicted molar refractivity (Wildman–Crippen MR) is 60.5 cm³/mol. The second kappa shape index (κ2) is 5.86. The highest BCUT2D eigenvalue weighted by Gasteiger charge is 2.02. The summed E-state index contributed by atoms with van der Waals surface area (Å²) in [5, 5.41) is 3.65. The highest BCUT2D eigenvalue weighted by atomic mass is 16.3. The van der Waals surface area contributed by atoms with Crippen molar-refractivity contribution in [3.05, 3.63) is 36.1 Å². The molecule has 0 radical (unpaired) electrons. The summed E-state index contributed by atoms with van der Waals surface area (Å²) in [6.07, 6.45) is 2.35. The van der Waals surface area contributed by atoms with Crippen LogP contribution < -0.4 is 5.32 Å². The van der Waals surface area contributed by atoms with E-state index in [1.165, 1.54) is 0 Å². The molecule has 0 saturated heterocycles. The Hall–Kier alpha value is -1.77. The van der Waals surface area contributed by atoms with Gasteiger partial charge in [0.2, 0.25) is 6.41 Å². The van der Waals surface area contributed by atoms with E-state index in [9.17, 15) is 4.79 Å². The Morgan fingerprint density at radius 3 is 2.80 bits per heavy atom. The van der Waals surface area contributed by atoms with Gasteiger partial charge >= 0.3 is 0 Å². The Bertz CT molecular complexity index is 420. The van der Waals surface area contributed by atoms with Crippen LogP contribution in [-0.4, -0.2) is 6.41 Å². The van der Waals surface area contributed by atoms with Crippen LogP contribution >= 0.6 is 0 Å². The van der Waals surface area contributed by atoms with E-state index in [-0.39, 0.29) is 0 Å².